The molecule has 156 valence electrons. The molecule has 2 aromatic carbocycles. The van der Waals surface area contributed by atoms with Crippen LogP contribution in [-0.2, 0) is 6.54 Å². The second kappa shape index (κ2) is 9.42. The van der Waals surface area contributed by atoms with E-state index in [9.17, 15) is 5.11 Å². The molecule has 3 heteroatoms. The zero-order valence-electron chi connectivity index (χ0n) is 18.0. The van der Waals surface area contributed by atoms with Gasteiger partial charge in [-0.1, -0.05) is 54.6 Å². The van der Waals surface area contributed by atoms with E-state index in [0.717, 1.165) is 24.6 Å². The van der Waals surface area contributed by atoms with Crippen molar-refractivity contribution in [3.63, 3.8) is 0 Å². The molecule has 1 aliphatic carbocycles. The molecule has 29 heavy (non-hydrogen) atoms. The van der Waals surface area contributed by atoms with Gasteiger partial charge in [0.15, 0.2) is 0 Å². The van der Waals surface area contributed by atoms with Gasteiger partial charge in [-0.25, -0.2) is 0 Å². The first-order valence-corrected chi connectivity index (χ1v) is 11.3. The van der Waals surface area contributed by atoms with Crippen LogP contribution in [0.1, 0.15) is 61.3 Å². The van der Waals surface area contributed by atoms with Gasteiger partial charge in [0.05, 0.1) is 6.10 Å². The van der Waals surface area contributed by atoms with Crippen molar-refractivity contribution in [3.05, 3.63) is 71.3 Å². The van der Waals surface area contributed by atoms with Crippen molar-refractivity contribution < 1.29 is 5.11 Å². The molecule has 1 N–H and O–H groups in total. The molecule has 1 heterocycles. The minimum Gasteiger partial charge on any atom is -0.387 e. The first-order valence-electron chi connectivity index (χ1n) is 11.3. The second-order valence-electron chi connectivity index (χ2n) is 9.29. The summed E-state index contributed by atoms with van der Waals surface area (Å²) in [5.74, 6) is 1.45. The number of hydrogen-bond donors (Lipinski definition) is 1. The second-order valence-corrected chi connectivity index (χ2v) is 9.29. The summed E-state index contributed by atoms with van der Waals surface area (Å²) >= 11 is 0. The van der Waals surface area contributed by atoms with Gasteiger partial charge in [-0.15, -0.1) is 0 Å². The van der Waals surface area contributed by atoms with E-state index < -0.39 is 6.10 Å². The molecule has 2 atom stereocenters. The Morgan fingerprint density at radius 3 is 2.31 bits per heavy atom. The van der Waals surface area contributed by atoms with Gasteiger partial charge < -0.3 is 10.0 Å². The summed E-state index contributed by atoms with van der Waals surface area (Å²) in [6.45, 7) is 6.83. The Bertz CT molecular complexity index is 748. The quantitative estimate of drug-likeness (QED) is 0.697. The number of likely N-dealkylation sites (tertiary alicyclic amines) is 1. The molecule has 0 amide bonds. The minimum absolute atomic E-state index is 0.126. The maximum atomic E-state index is 10.7. The van der Waals surface area contributed by atoms with Crippen LogP contribution in [0.4, 0.5) is 0 Å². The van der Waals surface area contributed by atoms with Gasteiger partial charge in [0.1, 0.15) is 0 Å². The van der Waals surface area contributed by atoms with Crippen LogP contribution in [0.5, 0.6) is 0 Å². The maximum absolute atomic E-state index is 10.7. The lowest BCUT2D eigenvalue weighted by Gasteiger charge is -2.40. The SMILES string of the molecule is C[C@H]([C@H](O)c1ccccc1)N(C)CC1CC(c2ccc(CN3CCCC3)cc2)C1. The molecule has 0 radical (unpaired) electrons. The summed E-state index contributed by atoms with van der Waals surface area (Å²) in [7, 11) is 2.15. The fourth-order valence-electron chi connectivity index (χ4n) is 4.99. The minimum atomic E-state index is -0.430. The van der Waals surface area contributed by atoms with Crippen LogP contribution in [0, 0.1) is 5.92 Å². The monoisotopic (exact) mass is 392 g/mol. The average Bonchev–Trinajstić information content (AvgIpc) is 3.23. The van der Waals surface area contributed by atoms with E-state index in [1.807, 2.05) is 30.3 Å². The highest BCUT2D eigenvalue weighted by Gasteiger charge is 2.32. The Labute approximate surface area is 176 Å². The number of aliphatic hydroxyl groups excluding tert-OH is 1. The van der Waals surface area contributed by atoms with Gasteiger partial charge in [0, 0.05) is 19.1 Å². The lowest BCUT2D eigenvalue weighted by molar-refractivity contribution is 0.0522. The fraction of sp³-hybridized carbons (Fsp3) is 0.538. The molecule has 2 fully saturated rings. The predicted octanol–water partition coefficient (Wildman–Crippen LogP) is 4.83. The number of nitrogens with zero attached hydrogens (tertiary/aromatic N) is 2. The molecule has 1 saturated carbocycles. The molecule has 2 aromatic rings. The molecule has 2 aliphatic rings. The van der Waals surface area contributed by atoms with E-state index in [0.29, 0.717) is 5.92 Å². The standard InChI is InChI=1S/C26H36N2O/c1-20(26(29)24-8-4-3-5-9-24)27(2)18-22-16-25(17-22)23-12-10-21(11-13-23)19-28-14-6-7-15-28/h3-5,8-13,20,22,25-26,29H,6-7,14-19H2,1-2H3/t20-,22?,25?,26+/m1/s1. The Hall–Kier alpha value is -1.68. The van der Waals surface area contributed by atoms with Gasteiger partial charge in [0.25, 0.3) is 0 Å². The van der Waals surface area contributed by atoms with Crippen LogP contribution < -0.4 is 0 Å². The lowest BCUT2D eigenvalue weighted by atomic mass is 9.71. The summed E-state index contributed by atoms with van der Waals surface area (Å²) in [5, 5.41) is 10.7. The van der Waals surface area contributed by atoms with Gasteiger partial charge in [-0.2, -0.15) is 0 Å². The van der Waals surface area contributed by atoms with Crippen LogP contribution in [0.25, 0.3) is 0 Å². The first kappa shape index (κ1) is 20.6. The Balaban J connectivity index is 1.23. The third-order valence-corrected chi connectivity index (χ3v) is 7.13. The fourth-order valence-corrected chi connectivity index (χ4v) is 4.99. The highest BCUT2D eigenvalue weighted by Crippen LogP contribution is 2.42. The van der Waals surface area contributed by atoms with Gasteiger partial charge in [0.2, 0.25) is 0 Å². The molecular formula is C26H36N2O. The largest absolute Gasteiger partial charge is 0.387 e. The third-order valence-electron chi connectivity index (χ3n) is 7.13. The van der Waals surface area contributed by atoms with E-state index in [2.05, 4.69) is 48.0 Å². The summed E-state index contributed by atoms with van der Waals surface area (Å²) in [6.07, 6.45) is 4.82. The van der Waals surface area contributed by atoms with Crippen molar-refractivity contribution in [1.29, 1.82) is 0 Å². The molecule has 0 aromatic heterocycles. The van der Waals surface area contributed by atoms with E-state index in [1.165, 1.54) is 49.9 Å². The number of rotatable bonds is 8. The van der Waals surface area contributed by atoms with Crippen molar-refractivity contribution >= 4 is 0 Å². The van der Waals surface area contributed by atoms with Gasteiger partial charge in [-0.05, 0) is 81.3 Å². The zero-order chi connectivity index (χ0) is 20.2. The van der Waals surface area contributed by atoms with Crippen molar-refractivity contribution in [2.45, 2.75) is 57.2 Å². The van der Waals surface area contributed by atoms with Crippen LogP contribution >= 0.6 is 0 Å². The molecule has 0 bridgehead atoms. The number of benzene rings is 2. The molecule has 1 aliphatic heterocycles. The van der Waals surface area contributed by atoms with Crippen LogP contribution in [0.2, 0.25) is 0 Å². The summed E-state index contributed by atoms with van der Waals surface area (Å²) in [5.41, 5.74) is 3.97. The molecule has 0 spiro atoms. The smallest absolute Gasteiger partial charge is 0.0942 e. The number of aliphatic hydroxyl groups is 1. The Morgan fingerprint density at radius 2 is 1.66 bits per heavy atom. The van der Waals surface area contributed by atoms with E-state index in [1.54, 1.807) is 0 Å². The van der Waals surface area contributed by atoms with Gasteiger partial charge >= 0.3 is 0 Å². The molecule has 1 saturated heterocycles. The van der Waals surface area contributed by atoms with E-state index in [-0.39, 0.29) is 6.04 Å². The van der Waals surface area contributed by atoms with Crippen LogP contribution in [0.15, 0.2) is 54.6 Å². The molecule has 4 rings (SSSR count). The highest BCUT2D eigenvalue weighted by molar-refractivity contribution is 5.27. The van der Waals surface area contributed by atoms with Crippen molar-refractivity contribution in [3.8, 4) is 0 Å². The van der Waals surface area contributed by atoms with Crippen LogP contribution in [0.3, 0.4) is 0 Å². The van der Waals surface area contributed by atoms with Crippen molar-refractivity contribution in [1.82, 2.24) is 9.80 Å². The highest BCUT2D eigenvalue weighted by atomic mass is 16.3. The molecular weight excluding hydrogens is 356 g/mol. The lowest BCUT2D eigenvalue weighted by Crippen LogP contribution is -2.40. The third kappa shape index (κ3) is 5.09. The number of likely N-dealkylation sites (N-methyl/N-ethyl adjacent to an activating group) is 1. The summed E-state index contributed by atoms with van der Waals surface area (Å²) in [4.78, 5) is 4.90. The maximum Gasteiger partial charge on any atom is 0.0942 e. The summed E-state index contributed by atoms with van der Waals surface area (Å²) in [6, 6.07) is 19.5. The summed E-state index contributed by atoms with van der Waals surface area (Å²) < 4.78 is 0. The normalized spacial score (nSPS) is 24.4. The Morgan fingerprint density at radius 1 is 1.00 bits per heavy atom. The van der Waals surface area contributed by atoms with Crippen LogP contribution in [-0.4, -0.2) is 47.6 Å². The van der Waals surface area contributed by atoms with E-state index >= 15 is 0 Å². The topological polar surface area (TPSA) is 26.7 Å². The zero-order valence-corrected chi connectivity index (χ0v) is 18.0. The average molecular weight is 393 g/mol. The van der Waals surface area contributed by atoms with Crippen molar-refractivity contribution in [2.24, 2.45) is 5.92 Å². The van der Waals surface area contributed by atoms with Gasteiger partial charge in [-0.3, -0.25) is 4.90 Å². The van der Waals surface area contributed by atoms with Crippen molar-refractivity contribution in [2.75, 3.05) is 26.7 Å². The predicted molar refractivity (Wildman–Crippen MR) is 120 cm³/mol. The molecule has 3 nitrogen and oxygen atoms in total. The Kier molecular flexibility index (Phi) is 6.69. The van der Waals surface area contributed by atoms with E-state index in [4.69, 9.17) is 0 Å². The molecule has 0 unspecified atom stereocenters. The number of hydrogen-bond acceptors (Lipinski definition) is 3. The first-order chi connectivity index (χ1) is 14.1.